The Morgan fingerprint density at radius 1 is 1.26 bits per heavy atom. The zero-order chi connectivity index (χ0) is 16.2. The third-order valence-corrected chi connectivity index (χ3v) is 4.38. The fourth-order valence-electron chi connectivity index (χ4n) is 2.29. The third-order valence-electron chi connectivity index (χ3n) is 3.49. The molecule has 2 aromatic heterocycles. The molecular formula is C16H18BrN5O. The number of hydrogen-bond donors (Lipinski definition) is 1. The van der Waals surface area contributed by atoms with Gasteiger partial charge in [0.25, 0.3) is 0 Å². The Balaban J connectivity index is 1.69. The van der Waals surface area contributed by atoms with Crippen LogP contribution in [0.1, 0.15) is 24.7 Å². The summed E-state index contributed by atoms with van der Waals surface area (Å²) >= 11 is 3.51. The van der Waals surface area contributed by atoms with Crippen molar-refractivity contribution in [3.63, 3.8) is 0 Å². The van der Waals surface area contributed by atoms with Gasteiger partial charge in [-0.2, -0.15) is 0 Å². The van der Waals surface area contributed by atoms with Gasteiger partial charge in [0.15, 0.2) is 0 Å². The molecule has 1 N–H and O–H groups in total. The summed E-state index contributed by atoms with van der Waals surface area (Å²) in [4.78, 5) is 0. The Labute approximate surface area is 143 Å². The lowest BCUT2D eigenvalue weighted by Crippen LogP contribution is -2.08. The number of halogens is 1. The van der Waals surface area contributed by atoms with Crippen LogP contribution in [0.4, 0.5) is 5.95 Å². The topological polar surface area (TPSA) is 68.8 Å². The van der Waals surface area contributed by atoms with Crippen molar-refractivity contribution in [1.29, 1.82) is 0 Å². The summed E-state index contributed by atoms with van der Waals surface area (Å²) in [5.41, 5.74) is 2.24. The second kappa shape index (κ2) is 6.95. The number of nitrogens with zero attached hydrogens (tertiary/aromatic N) is 4. The van der Waals surface area contributed by atoms with E-state index < -0.39 is 0 Å². The minimum atomic E-state index is 0.541. The third kappa shape index (κ3) is 3.61. The van der Waals surface area contributed by atoms with E-state index in [1.165, 1.54) is 5.56 Å². The number of aryl methyl sites for hydroxylation is 2. The largest absolute Gasteiger partial charge is 0.459 e. The molecule has 0 aliphatic rings. The molecule has 0 amide bonds. The molecule has 23 heavy (non-hydrogen) atoms. The first-order valence-corrected chi connectivity index (χ1v) is 8.32. The highest BCUT2D eigenvalue weighted by Gasteiger charge is 2.08. The number of benzene rings is 1. The molecule has 0 unspecified atom stereocenters. The van der Waals surface area contributed by atoms with Crippen molar-refractivity contribution in [2.45, 2.75) is 33.4 Å². The summed E-state index contributed by atoms with van der Waals surface area (Å²) in [5, 5.41) is 14.8. The fourth-order valence-corrected chi connectivity index (χ4v) is 2.53. The lowest BCUT2D eigenvalue weighted by Gasteiger charge is -2.04. The van der Waals surface area contributed by atoms with Crippen molar-refractivity contribution in [3.8, 4) is 11.3 Å². The van der Waals surface area contributed by atoms with Gasteiger partial charge in [-0.25, -0.2) is 4.68 Å². The molecular weight excluding hydrogens is 358 g/mol. The lowest BCUT2D eigenvalue weighted by molar-refractivity contribution is 0.528. The number of furan rings is 1. The Hall–Kier alpha value is -2.15. The molecule has 0 bridgehead atoms. The lowest BCUT2D eigenvalue weighted by atomic mass is 10.1. The zero-order valence-corrected chi connectivity index (χ0v) is 14.7. The van der Waals surface area contributed by atoms with Crippen molar-refractivity contribution in [2.75, 3.05) is 5.32 Å². The molecule has 0 aliphatic carbocycles. The van der Waals surface area contributed by atoms with Crippen LogP contribution in [0.25, 0.3) is 11.3 Å². The number of anilines is 1. The quantitative estimate of drug-likeness (QED) is 0.704. The average Bonchev–Trinajstić information content (AvgIpc) is 3.18. The van der Waals surface area contributed by atoms with E-state index in [2.05, 4.69) is 56.7 Å². The van der Waals surface area contributed by atoms with Crippen LogP contribution >= 0.6 is 15.9 Å². The Morgan fingerprint density at radius 3 is 2.91 bits per heavy atom. The first-order chi connectivity index (χ1) is 11.2. The maximum absolute atomic E-state index is 5.91. The maximum Gasteiger partial charge on any atom is 0.243 e. The minimum Gasteiger partial charge on any atom is -0.459 e. The number of tetrazole rings is 1. The molecule has 0 atom stereocenters. The first-order valence-electron chi connectivity index (χ1n) is 7.52. The molecule has 2 heterocycles. The minimum absolute atomic E-state index is 0.541. The van der Waals surface area contributed by atoms with Crippen molar-refractivity contribution < 1.29 is 4.42 Å². The zero-order valence-electron chi connectivity index (χ0n) is 13.1. The maximum atomic E-state index is 5.91. The molecule has 3 aromatic rings. The van der Waals surface area contributed by atoms with E-state index in [-0.39, 0.29) is 0 Å². The van der Waals surface area contributed by atoms with Crippen LogP contribution in [0.15, 0.2) is 39.2 Å². The normalized spacial score (nSPS) is 10.9. The molecule has 0 spiro atoms. The fraction of sp³-hybridized carbons (Fsp3) is 0.312. The second-order valence-electron chi connectivity index (χ2n) is 5.31. The predicted molar refractivity (Wildman–Crippen MR) is 92.0 cm³/mol. The highest BCUT2D eigenvalue weighted by atomic mass is 79.9. The molecule has 120 valence electrons. The van der Waals surface area contributed by atoms with Crippen LogP contribution in [-0.4, -0.2) is 20.2 Å². The van der Waals surface area contributed by atoms with E-state index in [1.54, 1.807) is 4.68 Å². The van der Waals surface area contributed by atoms with Crippen LogP contribution in [0.3, 0.4) is 0 Å². The van der Waals surface area contributed by atoms with E-state index >= 15 is 0 Å². The van der Waals surface area contributed by atoms with Gasteiger partial charge in [0.05, 0.1) is 6.54 Å². The number of hydrogen-bond acceptors (Lipinski definition) is 5. The van der Waals surface area contributed by atoms with E-state index in [0.717, 1.165) is 34.5 Å². The summed E-state index contributed by atoms with van der Waals surface area (Å²) in [6, 6.07) is 10.1. The highest BCUT2D eigenvalue weighted by Crippen LogP contribution is 2.26. The van der Waals surface area contributed by atoms with Gasteiger partial charge in [-0.05, 0) is 53.6 Å². The molecule has 3 rings (SSSR count). The number of rotatable bonds is 6. The standard InChI is InChI=1S/C16H18BrN5O/c1-3-8-22-16(19-20-21-22)18-10-13-5-7-15(23-13)12-4-6-14(17)11(2)9-12/h4-7,9H,3,8,10H2,1-2H3,(H,18,19,21). The highest BCUT2D eigenvalue weighted by molar-refractivity contribution is 9.10. The van der Waals surface area contributed by atoms with Crippen molar-refractivity contribution in [1.82, 2.24) is 20.2 Å². The molecule has 6 nitrogen and oxygen atoms in total. The smallest absolute Gasteiger partial charge is 0.243 e. The van der Waals surface area contributed by atoms with Gasteiger partial charge in [-0.15, -0.1) is 0 Å². The first kappa shape index (κ1) is 15.7. The van der Waals surface area contributed by atoms with E-state index in [4.69, 9.17) is 4.42 Å². The molecule has 0 saturated heterocycles. The second-order valence-corrected chi connectivity index (χ2v) is 6.16. The molecule has 7 heteroatoms. The summed E-state index contributed by atoms with van der Waals surface area (Å²) in [6.07, 6.45) is 0.980. The van der Waals surface area contributed by atoms with E-state index in [9.17, 15) is 0 Å². The predicted octanol–water partition coefficient (Wildman–Crippen LogP) is 4.03. The van der Waals surface area contributed by atoms with Crippen LogP contribution in [0, 0.1) is 6.92 Å². The van der Waals surface area contributed by atoms with Gasteiger partial charge >= 0.3 is 0 Å². The van der Waals surface area contributed by atoms with E-state index in [0.29, 0.717) is 12.5 Å². The van der Waals surface area contributed by atoms with Gasteiger partial charge in [0, 0.05) is 16.6 Å². The van der Waals surface area contributed by atoms with Gasteiger partial charge in [0.2, 0.25) is 5.95 Å². The van der Waals surface area contributed by atoms with Crippen LogP contribution in [-0.2, 0) is 13.1 Å². The molecule has 0 saturated carbocycles. The van der Waals surface area contributed by atoms with Crippen molar-refractivity contribution in [2.24, 2.45) is 0 Å². The van der Waals surface area contributed by atoms with Crippen LogP contribution in [0.2, 0.25) is 0 Å². The van der Waals surface area contributed by atoms with Crippen molar-refractivity contribution in [3.05, 3.63) is 46.1 Å². The molecule has 0 aliphatic heterocycles. The van der Waals surface area contributed by atoms with E-state index in [1.807, 2.05) is 24.3 Å². The van der Waals surface area contributed by atoms with Crippen LogP contribution in [0.5, 0.6) is 0 Å². The Bertz CT molecular complexity index is 795. The van der Waals surface area contributed by atoms with Crippen molar-refractivity contribution >= 4 is 21.9 Å². The van der Waals surface area contributed by atoms with Gasteiger partial charge in [-0.1, -0.05) is 34.0 Å². The van der Waals surface area contributed by atoms with Gasteiger partial charge in [-0.3, -0.25) is 0 Å². The summed E-state index contributed by atoms with van der Waals surface area (Å²) in [5.74, 6) is 2.35. The molecule has 0 fully saturated rings. The Morgan fingerprint density at radius 2 is 2.13 bits per heavy atom. The summed E-state index contributed by atoms with van der Waals surface area (Å²) in [7, 11) is 0. The van der Waals surface area contributed by atoms with Gasteiger partial charge in [0.1, 0.15) is 11.5 Å². The van der Waals surface area contributed by atoms with Crippen LogP contribution < -0.4 is 5.32 Å². The SMILES string of the molecule is CCCn1nnnc1NCc1ccc(-c2ccc(Br)c(C)c2)o1. The number of aromatic nitrogens is 4. The monoisotopic (exact) mass is 375 g/mol. The van der Waals surface area contributed by atoms with Gasteiger partial charge < -0.3 is 9.73 Å². The average molecular weight is 376 g/mol. The number of nitrogens with one attached hydrogen (secondary N) is 1. The molecule has 1 aromatic carbocycles. The summed E-state index contributed by atoms with van der Waals surface area (Å²) in [6.45, 7) is 5.48. The molecule has 0 radical (unpaired) electrons. The summed E-state index contributed by atoms with van der Waals surface area (Å²) < 4.78 is 8.75. The Kier molecular flexibility index (Phi) is 4.76.